The van der Waals surface area contributed by atoms with Gasteiger partial charge in [0, 0.05) is 5.56 Å². The van der Waals surface area contributed by atoms with E-state index in [9.17, 15) is 9.90 Å². The summed E-state index contributed by atoms with van der Waals surface area (Å²) in [4.78, 5) is 12.8. The summed E-state index contributed by atoms with van der Waals surface area (Å²) in [5, 5.41) is 13.5. The Morgan fingerprint density at radius 1 is 1.04 bits per heavy atom. The first-order chi connectivity index (χ1) is 11.5. The summed E-state index contributed by atoms with van der Waals surface area (Å²) in [6.45, 7) is 13.4. The smallest absolute Gasteiger partial charge is 0.258 e. The summed E-state index contributed by atoms with van der Waals surface area (Å²) in [7, 11) is 0. The van der Waals surface area contributed by atoms with Crippen LogP contribution < -0.4 is 5.32 Å². The van der Waals surface area contributed by atoms with E-state index in [0.717, 1.165) is 24.0 Å². The number of hydrogen-bond acceptors (Lipinski definition) is 4. The van der Waals surface area contributed by atoms with E-state index in [1.54, 1.807) is 6.07 Å². The third-order valence-electron chi connectivity index (χ3n) is 4.35. The zero-order valence-corrected chi connectivity index (χ0v) is 16.2. The first-order valence-corrected chi connectivity index (χ1v) is 8.92. The Morgan fingerprint density at radius 2 is 1.60 bits per heavy atom. The van der Waals surface area contributed by atoms with Gasteiger partial charge in [-0.05, 0) is 35.3 Å². The zero-order valence-electron chi connectivity index (χ0n) is 16.2. The Kier molecular flexibility index (Phi) is 5.79. The van der Waals surface area contributed by atoms with Gasteiger partial charge in [0.05, 0.1) is 18.8 Å². The van der Waals surface area contributed by atoms with Gasteiger partial charge in [0.2, 0.25) is 6.41 Å². The van der Waals surface area contributed by atoms with E-state index in [-0.39, 0.29) is 28.1 Å². The summed E-state index contributed by atoms with van der Waals surface area (Å²) < 4.78 is 11.0. The number of amides is 1. The zero-order chi connectivity index (χ0) is 18.8. The van der Waals surface area contributed by atoms with Crippen LogP contribution in [-0.2, 0) is 20.3 Å². The van der Waals surface area contributed by atoms with E-state index in [1.165, 1.54) is 0 Å². The summed E-state index contributed by atoms with van der Waals surface area (Å²) in [5.74, 6) is -0.368. The van der Waals surface area contributed by atoms with Crippen LogP contribution in [0, 0.1) is 0 Å². The third kappa shape index (κ3) is 4.95. The molecule has 25 heavy (non-hydrogen) atoms. The number of benzene rings is 1. The highest BCUT2D eigenvalue weighted by Crippen LogP contribution is 2.37. The Bertz CT molecular complexity index is 618. The van der Waals surface area contributed by atoms with Crippen LogP contribution in [0.4, 0.5) is 0 Å². The molecule has 1 aliphatic heterocycles. The topological polar surface area (TPSA) is 67.8 Å². The van der Waals surface area contributed by atoms with E-state index in [2.05, 4.69) is 26.1 Å². The molecule has 1 aromatic carbocycles. The largest absolute Gasteiger partial charge is 0.507 e. The summed E-state index contributed by atoms with van der Waals surface area (Å²) >= 11 is 0. The number of carbonyl (C=O) groups is 1. The van der Waals surface area contributed by atoms with Crippen molar-refractivity contribution in [3.63, 3.8) is 0 Å². The van der Waals surface area contributed by atoms with Crippen molar-refractivity contribution in [2.75, 3.05) is 13.2 Å². The number of rotatable bonds is 2. The van der Waals surface area contributed by atoms with E-state index in [4.69, 9.17) is 9.47 Å². The van der Waals surface area contributed by atoms with E-state index in [0.29, 0.717) is 13.2 Å². The lowest BCUT2D eigenvalue weighted by Crippen LogP contribution is -2.38. The van der Waals surface area contributed by atoms with Gasteiger partial charge in [0.25, 0.3) is 5.91 Å². The Labute approximate surface area is 150 Å². The number of ether oxygens (including phenoxy) is 2. The van der Waals surface area contributed by atoms with Crippen molar-refractivity contribution in [3.05, 3.63) is 28.8 Å². The van der Waals surface area contributed by atoms with Crippen LogP contribution in [0.3, 0.4) is 0 Å². The van der Waals surface area contributed by atoms with Gasteiger partial charge in [0.15, 0.2) is 0 Å². The molecule has 5 nitrogen and oxygen atoms in total. The molecular formula is C20H31NO4. The molecule has 2 rings (SSSR count). The van der Waals surface area contributed by atoms with Crippen molar-refractivity contribution in [3.8, 4) is 5.75 Å². The minimum atomic E-state index is -0.772. The SMILES string of the molecule is CC(C)(C)c1cc(C(=O)NC2OCCCCO2)c(O)c(C(C)(C)C)c1. The maximum atomic E-state index is 12.8. The minimum Gasteiger partial charge on any atom is -0.507 e. The molecule has 2 N–H and O–H groups in total. The number of hydrogen-bond donors (Lipinski definition) is 2. The van der Waals surface area contributed by atoms with Crippen molar-refractivity contribution in [1.82, 2.24) is 5.32 Å². The van der Waals surface area contributed by atoms with Crippen LogP contribution in [0.25, 0.3) is 0 Å². The summed E-state index contributed by atoms with van der Waals surface area (Å²) in [6, 6.07) is 3.75. The quantitative estimate of drug-likeness (QED) is 0.851. The van der Waals surface area contributed by atoms with Crippen LogP contribution >= 0.6 is 0 Å². The first-order valence-electron chi connectivity index (χ1n) is 8.92. The molecule has 1 aliphatic rings. The average molecular weight is 349 g/mol. The molecule has 1 fully saturated rings. The second kappa shape index (κ2) is 7.34. The van der Waals surface area contributed by atoms with Crippen LogP contribution in [0.5, 0.6) is 5.75 Å². The summed E-state index contributed by atoms with van der Waals surface area (Å²) in [5.41, 5.74) is 1.60. The van der Waals surface area contributed by atoms with Crippen molar-refractivity contribution < 1.29 is 19.4 Å². The predicted octanol–water partition coefficient (Wildman–Crippen LogP) is 3.83. The minimum absolute atomic E-state index is 0.0200. The normalized spacial score (nSPS) is 17.2. The number of nitrogens with one attached hydrogen (secondary N) is 1. The molecule has 0 atom stereocenters. The number of phenolic OH excluding ortho intramolecular Hbond substituents is 1. The van der Waals surface area contributed by atoms with Crippen molar-refractivity contribution in [1.29, 1.82) is 0 Å². The Hall–Kier alpha value is -1.59. The fourth-order valence-corrected chi connectivity index (χ4v) is 2.71. The van der Waals surface area contributed by atoms with Crippen LogP contribution in [-0.4, -0.2) is 30.6 Å². The number of carbonyl (C=O) groups excluding carboxylic acids is 1. The van der Waals surface area contributed by atoms with Gasteiger partial charge in [-0.2, -0.15) is 0 Å². The lowest BCUT2D eigenvalue weighted by Gasteiger charge is -2.27. The molecule has 1 saturated heterocycles. The maximum Gasteiger partial charge on any atom is 0.258 e. The fraction of sp³-hybridized carbons (Fsp3) is 0.650. The molecule has 140 valence electrons. The third-order valence-corrected chi connectivity index (χ3v) is 4.35. The Morgan fingerprint density at radius 3 is 2.08 bits per heavy atom. The van der Waals surface area contributed by atoms with Gasteiger partial charge < -0.3 is 19.9 Å². The predicted molar refractivity (Wildman–Crippen MR) is 97.9 cm³/mol. The first kappa shape index (κ1) is 19.7. The van der Waals surface area contributed by atoms with E-state index in [1.807, 2.05) is 26.8 Å². The van der Waals surface area contributed by atoms with Gasteiger partial charge in [-0.1, -0.05) is 47.6 Å². The molecule has 1 amide bonds. The monoisotopic (exact) mass is 349 g/mol. The van der Waals surface area contributed by atoms with Crippen molar-refractivity contribution in [2.45, 2.75) is 71.6 Å². The summed E-state index contributed by atoms with van der Waals surface area (Å²) in [6.07, 6.45) is 1.04. The van der Waals surface area contributed by atoms with E-state index >= 15 is 0 Å². The molecule has 0 radical (unpaired) electrons. The van der Waals surface area contributed by atoms with Gasteiger partial charge in [-0.3, -0.25) is 4.79 Å². The molecule has 0 aromatic heterocycles. The van der Waals surface area contributed by atoms with Gasteiger partial charge >= 0.3 is 0 Å². The highest BCUT2D eigenvalue weighted by atomic mass is 16.7. The second-order valence-electron chi connectivity index (χ2n) is 8.67. The molecular weight excluding hydrogens is 318 g/mol. The lowest BCUT2D eigenvalue weighted by atomic mass is 9.79. The maximum absolute atomic E-state index is 12.8. The highest BCUT2D eigenvalue weighted by Gasteiger charge is 2.28. The van der Waals surface area contributed by atoms with Gasteiger partial charge in [-0.15, -0.1) is 0 Å². The molecule has 0 spiro atoms. The van der Waals surface area contributed by atoms with Gasteiger partial charge in [0.1, 0.15) is 5.75 Å². The van der Waals surface area contributed by atoms with Crippen LogP contribution in [0.15, 0.2) is 12.1 Å². The van der Waals surface area contributed by atoms with Crippen molar-refractivity contribution >= 4 is 5.91 Å². The average Bonchev–Trinajstić information content (AvgIpc) is 2.73. The molecule has 1 heterocycles. The Balaban J connectivity index is 2.39. The van der Waals surface area contributed by atoms with Crippen LogP contribution in [0.2, 0.25) is 0 Å². The molecule has 5 heteroatoms. The number of aromatic hydroxyl groups is 1. The molecule has 0 unspecified atom stereocenters. The fourth-order valence-electron chi connectivity index (χ4n) is 2.71. The molecule has 1 aromatic rings. The molecule has 0 saturated carbocycles. The lowest BCUT2D eigenvalue weighted by molar-refractivity contribution is -0.138. The van der Waals surface area contributed by atoms with Crippen molar-refractivity contribution in [2.24, 2.45) is 0 Å². The molecule has 0 bridgehead atoms. The molecule has 0 aliphatic carbocycles. The second-order valence-corrected chi connectivity index (χ2v) is 8.67. The highest BCUT2D eigenvalue weighted by molar-refractivity contribution is 5.97. The van der Waals surface area contributed by atoms with Gasteiger partial charge in [-0.25, -0.2) is 0 Å². The van der Waals surface area contributed by atoms with Crippen LogP contribution in [0.1, 0.15) is 75.9 Å². The standard InChI is InChI=1S/C20H31NO4/c1-19(2,3)13-11-14(16(22)15(12-13)20(4,5)6)17(23)21-18-24-9-7-8-10-25-18/h11-12,18,22H,7-10H2,1-6H3,(H,21,23). The number of phenols is 1. The van der Waals surface area contributed by atoms with E-state index < -0.39 is 6.41 Å².